The molecule has 1 aromatic heterocycles. The van der Waals surface area contributed by atoms with Crippen molar-refractivity contribution in [3.05, 3.63) is 12.5 Å². The summed E-state index contributed by atoms with van der Waals surface area (Å²) in [5.41, 5.74) is 0. The molecule has 5 nitrogen and oxygen atoms in total. The van der Waals surface area contributed by atoms with E-state index in [4.69, 9.17) is 0 Å². The van der Waals surface area contributed by atoms with Gasteiger partial charge in [-0.2, -0.15) is 0 Å². The van der Waals surface area contributed by atoms with E-state index >= 15 is 0 Å². The fourth-order valence-electron chi connectivity index (χ4n) is 0.964. The van der Waals surface area contributed by atoms with Gasteiger partial charge in [-0.05, 0) is 19.4 Å². The first-order valence-electron chi connectivity index (χ1n) is 3.83. The summed E-state index contributed by atoms with van der Waals surface area (Å²) in [5.74, 6) is 0. The van der Waals surface area contributed by atoms with Crippen molar-refractivity contribution in [1.29, 1.82) is 0 Å². The van der Waals surface area contributed by atoms with E-state index in [1.807, 2.05) is 0 Å². The Morgan fingerprint density at radius 2 is 2.58 bits per heavy atom. The summed E-state index contributed by atoms with van der Waals surface area (Å²) < 4.78 is 4.22. The van der Waals surface area contributed by atoms with Gasteiger partial charge in [0.05, 0.1) is 12.2 Å². The Morgan fingerprint density at radius 1 is 1.67 bits per heavy atom. The van der Waals surface area contributed by atoms with Crippen LogP contribution >= 0.6 is 0 Å². The predicted octanol–water partition coefficient (Wildman–Crippen LogP) is 0.00690. The minimum absolute atomic E-state index is 0.167. The molecule has 2 rings (SSSR count). The lowest BCUT2D eigenvalue weighted by Crippen LogP contribution is -2.21. The van der Waals surface area contributed by atoms with E-state index < -0.39 is 0 Å². The van der Waals surface area contributed by atoms with Gasteiger partial charge in [-0.3, -0.25) is 0 Å². The second kappa shape index (κ2) is 5.42. The monoisotopic (exact) mass is 169 g/mol. The van der Waals surface area contributed by atoms with Crippen LogP contribution in [0.4, 0.5) is 0 Å². The van der Waals surface area contributed by atoms with Crippen molar-refractivity contribution in [2.24, 2.45) is 0 Å². The average Bonchev–Trinajstić information content (AvgIpc) is 2.81. The smallest absolute Gasteiger partial charge is 0.144 e. The summed E-state index contributed by atoms with van der Waals surface area (Å²) in [6.45, 7) is 1.02. The number of aromatic nitrogens is 2. The SMILES string of the molecule is O=C[C@@H]1CCCN1.c1conn1. The molecule has 0 aromatic carbocycles. The van der Waals surface area contributed by atoms with E-state index in [1.54, 1.807) is 0 Å². The number of carbonyl (C=O) groups excluding carboxylic acids is 1. The minimum Gasteiger partial charge on any atom is -0.346 e. The largest absolute Gasteiger partial charge is 0.346 e. The lowest BCUT2D eigenvalue weighted by Gasteiger charge is -1.93. The summed E-state index contributed by atoms with van der Waals surface area (Å²) in [5, 5.41) is 9.44. The van der Waals surface area contributed by atoms with Gasteiger partial charge in [-0.15, -0.1) is 5.10 Å². The molecular weight excluding hydrogens is 158 g/mol. The number of nitrogens with one attached hydrogen (secondary N) is 1. The zero-order valence-corrected chi connectivity index (χ0v) is 6.64. The van der Waals surface area contributed by atoms with Gasteiger partial charge in [0.15, 0.2) is 0 Å². The lowest BCUT2D eigenvalue weighted by molar-refractivity contribution is -0.109. The van der Waals surface area contributed by atoms with Gasteiger partial charge in [0.2, 0.25) is 0 Å². The van der Waals surface area contributed by atoms with Crippen molar-refractivity contribution in [2.75, 3.05) is 6.54 Å². The first-order valence-corrected chi connectivity index (χ1v) is 3.83. The van der Waals surface area contributed by atoms with Crippen molar-refractivity contribution in [3.63, 3.8) is 0 Å². The number of aldehydes is 1. The van der Waals surface area contributed by atoms with E-state index in [9.17, 15) is 4.79 Å². The second-order valence-electron chi connectivity index (χ2n) is 2.43. The Labute approximate surface area is 70.1 Å². The molecule has 0 amide bonds. The highest BCUT2D eigenvalue weighted by molar-refractivity contribution is 5.57. The Bertz CT molecular complexity index is 177. The molecule has 66 valence electrons. The molecule has 0 saturated carbocycles. The fourth-order valence-corrected chi connectivity index (χ4v) is 0.964. The van der Waals surface area contributed by atoms with E-state index in [-0.39, 0.29) is 6.04 Å². The Balaban J connectivity index is 0.000000127. The second-order valence-corrected chi connectivity index (χ2v) is 2.43. The third-order valence-corrected chi connectivity index (χ3v) is 1.55. The number of hydrogen-bond donors (Lipinski definition) is 1. The molecule has 0 aliphatic carbocycles. The fraction of sp³-hybridized carbons (Fsp3) is 0.571. The van der Waals surface area contributed by atoms with Crippen molar-refractivity contribution in [2.45, 2.75) is 18.9 Å². The Hall–Kier alpha value is -1.23. The van der Waals surface area contributed by atoms with Crippen LogP contribution in [-0.2, 0) is 4.79 Å². The van der Waals surface area contributed by atoms with Crippen LogP contribution in [0.25, 0.3) is 0 Å². The summed E-state index contributed by atoms with van der Waals surface area (Å²) >= 11 is 0. The highest BCUT2D eigenvalue weighted by Gasteiger charge is 2.10. The van der Waals surface area contributed by atoms with Crippen LogP contribution in [0.3, 0.4) is 0 Å². The molecule has 1 aliphatic rings. The number of hydrogen-bond acceptors (Lipinski definition) is 5. The average molecular weight is 169 g/mol. The van der Waals surface area contributed by atoms with Gasteiger partial charge in [-0.1, -0.05) is 0 Å². The molecule has 1 aromatic rings. The molecule has 2 heterocycles. The number of nitrogens with zero attached hydrogens (tertiary/aromatic N) is 2. The molecule has 0 radical (unpaired) electrons. The van der Waals surface area contributed by atoms with Crippen LogP contribution in [0.5, 0.6) is 0 Å². The third-order valence-electron chi connectivity index (χ3n) is 1.55. The molecule has 1 atom stereocenters. The third kappa shape index (κ3) is 3.25. The molecular formula is C7H11N3O2. The van der Waals surface area contributed by atoms with Crippen LogP contribution in [0.2, 0.25) is 0 Å². The number of rotatable bonds is 1. The van der Waals surface area contributed by atoms with Crippen molar-refractivity contribution in [1.82, 2.24) is 15.7 Å². The van der Waals surface area contributed by atoms with Crippen molar-refractivity contribution in [3.8, 4) is 0 Å². The Kier molecular flexibility index (Phi) is 4.01. The van der Waals surface area contributed by atoms with Gasteiger partial charge in [-0.25, -0.2) is 0 Å². The molecule has 5 heteroatoms. The van der Waals surface area contributed by atoms with Crippen LogP contribution in [0.1, 0.15) is 12.8 Å². The standard InChI is InChI=1S/C5H9NO.C2H2N2O/c7-4-5-2-1-3-6-5;1-2-5-4-3-1/h4-6H,1-3H2;1-2H/t5-;/m0./s1. The van der Waals surface area contributed by atoms with E-state index in [0.717, 1.165) is 25.7 Å². The highest BCUT2D eigenvalue weighted by atomic mass is 16.5. The zero-order valence-electron chi connectivity index (χ0n) is 6.64. The molecule has 0 unspecified atom stereocenters. The van der Waals surface area contributed by atoms with Crippen molar-refractivity contribution >= 4 is 6.29 Å². The zero-order chi connectivity index (χ0) is 8.65. The molecule has 12 heavy (non-hydrogen) atoms. The maximum Gasteiger partial charge on any atom is 0.144 e. The van der Waals surface area contributed by atoms with E-state index in [0.29, 0.717) is 0 Å². The molecule has 1 N–H and O–H groups in total. The maximum absolute atomic E-state index is 9.94. The lowest BCUT2D eigenvalue weighted by atomic mass is 10.2. The van der Waals surface area contributed by atoms with Gasteiger partial charge in [0, 0.05) is 5.27 Å². The number of carbonyl (C=O) groups is 1. The molecule has 1 aliphatic heterocycles. The summed E-state index contributed by atoms with van der Waals surface area (Å²) in [7, 11) is 0. The van der Waals surface area contributed by atoms with Gasteiger partial charge in [0.25, 0.3) is 0 Å². The molecule has 0 bridgehead atoms. The Morgan fingerprint density at radius 3 is 2.83 bits per heavy atom. The predicted molar refractivity (Wildman–Crippen MR) is 41.4 cm³/mol. The molecule has 1 saturated heterocycles. The van der Waals surface area contributed by atoms with Crippen LogP contribution in [0.15, 0.2) is 17.0 Å². The van der Waals surface area contributed by atoms with Crippen LogP contribution in [-0.4, -0.2) is 29.2 Å². The van der Waals surface area contributed by atoms with E-state index in [2.05, 4.69) is 20.2 Å². The molecule has 1 fully saturated rings. The normalized spacial score (nSPS) is 21.2. The van der Waals surface area contributed by atoms with Gasteiger partial charge < -0.3 is 14.6 Å². The molecule has 0 spiro atoms. The van der Waals surface area contributed by atoms with Gasteiger partial charge >= 0.3 is 0 Å². The van der Waals surface area contributed by atoms with Crippen molar-refractivity contribution < 1.29 is 9.32 Å². The quantitative estimate of drug-likeness (QED) is 0.599. The van der Waals surface area contributed by atoms with Crippen LogP contribution in [0, 0.1) is 0 Å². The summed E-state index contributed by atoms with van der Waals surface area (Å²) in [6, 6.07) is 0.167. The van der Waals surface area contributed by atoms with E-state index in [1.165, 1.54) is 12.5 Å². The highest BCUT2D eigenvalue weighted by Crippen LogP contribution is 2.00. The maximum atomic E-state index is 9.94. The summed E-state index contributed by atoms with van der Waals surface area (Å²) in [6.07, 6.45) is 6.04. The first kappa shape index (κ1) is 8.86. The van der Waals surface area contributed by atoms with Crippen LogP contribution < -0.4 is 5.32 Å². The van der Waals surface area contributed by atoms with Gasteiger partial charge in [0.1, 0.15) is 12.5 Å². The topological polar surface area (TPSA) is 68.0 Å². The first-order chi connectivity index (χ1) is 5.93. The summed E-state index contributed by atoms with van der Waals surface area (Å²) in [4.78, 5) is 9.94. The minimum atomic E-state index is 0.167.